The van der Waals surface area contributed by atoms with Crippen molar-refractivity contribution in [3.8, 4) is 0 Å². The molecule has 0 saturated heterocycles. The van der Waals surface area contributed by atoms with E-state index in [0.717, 1.165) is 16.5 Å². The molecule has 1 aliphatic carbocycles. The SMILES string of the molecule is COC(=O)c1cc2cc3c(cc2[nH]1)C=C1C3=CC(C)(C)OC1(C)C. The standard InChI is InChI=1S/C20H21NO3/c1-19(2)10-14-13-6-12-9-17(18(22)23-5)21-16(12)8-11(13)7-15(14)20(3,4)24-19/h6-10,21H,1-5H3. The summed E-state index contributed by atoms with van der Waals surface area (Å²) >= 11 is 0. The van der Waals surface area contributed by atoms with Crippen LogP contribution in [0.2, 0.25) is 0 Å². The average molecular weight is 323 g/mol. The first-order valence-corrected chi connectivity index (χ1v) is 8.11. The largest absolute Gasteiger partial charge is 0.464 e. The van der Waals surface area contributed by atoms with Crippen molar-refractivity contribution in [3.05, 3.63) is 46.7 Å². The summed E-state index contributed by atoms with van der Waals surface area (Å²) in [7, 11) is 1.39. The number of carbonyl (C=O) groups excluding carboxylic acids is 1. The van der Waals surface area contributed by atoms with Gasteiger partial charge in [-0.1, -0.05) is 0 Å². The Morgan fingerprint density at radius 3 is 2.62 bits per heavy atom. The number of carbonyl (C=O) groups is 1. The molecule has 1 aromatic carbocycles. The normalized spacial score (nSPS) is 20.2. The number of methoxy groups -OCH3 is 1. The van der Waals surface area contributed by atoms with Gasteiger partial charge in [0.05, 0.1) is 18.3 Å². The van der Waals surface area contributed by atoms with Crippen molar-refractivity contribution in [2.24, 2.45) is 0 Å². The monoisotopic (exact) mass is 323 g/mol. The van der Waals surface area contributed by atoms with Crippen LogP contribution in [0.4, 0.5) is 0 Å². The van der Waals surface area contributed by atoms with Crippen molar-refractivity contribution in [1.29, 1.82) is 0 Å². The molecule has 1 aromatic heterocycles. The molecule has 4 rings (SSSR count). The van der Waals surface area contributed by atoms with Crippen LogP contribution in [0.15, 0.2) is 29.8 Å². The van der Waals surface area contributed by atoms with E-state index in [2.05, 4.69) is 57.0 Å². The predicted octanol–water partition coefficient (Wildman–Crippen LogP) is 4.32. The Bertz CT molecular complexity index is 941. The number of ether oxygens (including phenoxy) is 2. The zero-order valence-electron chi connectivity index (χ0n) is 14.6. The van der Waals surface area contributed by atoms with Crippen LogP contribution in [-0.4, -0.2) is 29.3 Å². The van der Waals surface area contributed by atoms with Gasteiger partial charge >= 0.3 is 5.97 Å². The van der Waals surface area contributed by atoms with Crippen LogP contribution in [0.3, 0.4) is 0 Å². The quantitative estimate of drug-likeness (QED) is 0.795. The highest BCUT2D eigenvalue weighted by Gasteiger charge is 2.41. The Hall–Kier alpha value is -2.33. The molecule has 0 fully saturated rings. The molecular weight excluding hydrogens is 302 g/mol. The third kappa shape index (κ3) is 2.13. The van der Waals surface area contributed by atoms with Gasteiger partial charge in [0.25, 0.3) is 0 Å². The van der Waals surface area contributed by atoms with Gasteiger partial charge < -0.3 is 14.5 Å². The van der Waals surface area contributed by atoms with E-state index in [1.54, 1.807) is 0 Å². The van der Waals surface area contributed by atoms with Crippen molar-refractivity contribution in [2.75, 3.05) is 7.11 Å². The fraction of sp³-hybridized carbons (Fsp3) is 0.350. The Kier molecular flexibility index (Phi) is 2.92. The van der Waals surface area contributed by atoms with Gasteiger partial charge in [-0.05, 0) is 80.3 Å². The van der Waals surface area contributed by atoms with Crippen molar-refractivity contribution in [3.63, 3.8) is 0 Å². The number of fused-ring (bicyclic) bond motifs is 4. The molecule has 0 spiro atoms. The van der Waals surface area contributed by atoms with Gasteiger partial charge in [-0.15, -0.1) is 0 Å². The molecule has 0 saturated carbocycles. The lowest BCUT2D eigenvalue weighted by molar-refractivity contribution is -0.0768. The maximum Gasteiger partial charge on any atom is 0.354 e. The van der Waals surface area contributed by atoms with E-state index in [9.17, 15) is 4.79 Å². The Labute approximate surface area is 141 Å². The number of aromatic nitrogens is 1. The van der Waals surface area contributed by atoms with Crippen LogP contribution in [0, 0.1) is 0 Å². The van der Waals surface area contributed by atoms with Crippen molar-refractivity contribution >= 4 is 28.5 Å². The van der Waals surface area contributed by atoms with Crippen LogP contribution in [0.5, 0.6) is 0 Å². The molecular formula is C20H21NO3. The first kappa shape index (κ1) is 15.2. The van der Waals surface area contributed by atoms with E-state index in [1.165, 1.54) is 23.8 Å². The minimum Gasteiger partial charge on any atom is -0.464 e. The molecule has 124 valence electrons. The number of rotatable bonds is 1. The Morgan fingerprint density at radius 2 is 1.92 bits per heavy atom. The minimum absolute atomic E-state index is 0.317. The van der Waals surface area contributed by atoms with Crippen LogP contribution in [0.1, 0.15) is 49.3 Å². The molecule has 24 heavy (non-hydrogen) atoms. The summed E-state index contributed by atoms with van der Waals surface area (Å²) in [6.07, 6.45) is 4.38. The van der Waals surface area contributed by atoms with Crippen LogP contribution in [-0.2, 0) is 9.47 Å². The number of nitrogens with one attached hydrogen (secondary N) is 1. The van der Waals surface area contributed by atoms with Gasteiger partial charge in [-0.2, -0.15) is 0 Å². The number of H-pyrrole nitrogens is 1. The van der Waals surface area contributed by atoms with Crippen LogP contribution in [0.25, 0.3) is 22.6 Å². The molecule has 2 heterocycles. The minimum atomic E-state index is -0.352. The molecule has 1 N–H and O–H groups in total. The zero-order chi connectivity index (χ0) is 17.3. The number of benzene rings is 1. The molecule has 1 aliphatic heterocycles. The van der Waals surface area contributed by atoms with E-state index in [1.807, 2.05) is 6.07 Å². The third-order valence-electron chi connectivity index (χ3n) is 4.74. The van der Waals surface area contributed by atoms with E-state index in [4.69, 9.17) is 9.47 Å². The van der Waals surface area contributed by atoms with Crippen LogP contribution < -0.4 is 0 Å². The number of aromatic amines is 1. The average Bonchev–Trinajstić information content (AvgIpc) is 3.04. The zero-order valence-corrected chi connectivity index (χ0v) is 14.6. The molecule has 0 unspecified atom stereocenters. The number of hydrogen-bond acceptors (Lipinski definition) is 3. The second-order valence-electron chi connectivity index (χ2n) is 7.53. The molecule has 0 bridgehead atoms. The fourth-order valence-corrected chi connectivity index (χ4v) is 3.89. The van der Waals surface area contributed by atoms with Crippen LogP contribution >= 0.6 is 0 Å². The smallest absolute Gasteiger partial charge is 0.354 e. The van der Waals surface area contributed by atoms with Crippen molar-refractivity contribution < 1.29 is 14.3 Å². The summed E-state index contributed by atoms with van der Waals surface area (Å²) in [5.41, 5.74) is 5.53. The first-order chi connectivity index (χ1) is 11.2. The summed E-state index contributed by atoms with van der Waals surface area (Å²) in [4.78, 5) is 14.9. The van der Waals surface area contributed by atoms with Crippen molar-refractivity contribution in [2.45, 2.75) is 38.9 Å². The van der Waals surface area contributed by atoms with Gasteiger partial charge in [0, 0.05) is 10.9 Å². The van der Waals surface area contributed by atoms with Gasteiger partial charge in [0.15, 0.2) is 0 Å². The Balaban J connectivity index is 1.91. The van der Waals surface area contributed by atoms with Gasteiger partial charge in [-0.25, -0.2) is 4.79 Å². The first-order valence-electron chi connectivity index (χ1n) is 8.11. The molecule has 4 nitrogen and oxygen atoms in total. The number of hydrogen-bond donors (Lipinski definition) is 1. The summed E-state index contributed by atoms with van der Waals surface area (Å²) in [6, 6.07) is 6.07. The molecule has 0 atom stereocenters. The lowest BCUT2D eigenvalue weighted by Gasteiger charge is -2.41. The lowest BCUT2D eigenvalue weighted by Crippen LogP contribution is -2.40. The molecule has 2 aromatic rings. The highest BCUT2D eigenvalue weighted by atomic mass is 16.5. The van der Waals surface area contributed by atoms with E-state index in [-0.39, 0.29) is 17.2 Å². The highest BCUT2D eigenvalue weighted by Crippen LogP contribution is 2.49. The molecule has 2 aliphatic rings. The Morgan fingerprint density at radius 1 is 1.17 bits per heavy atom. The summed E-state index contributed by atoms with van der Waals surface area (Å²) < 4.78 is 11.0. The summed E-state index contributed by atoms with van der Waals surface area (Å²) in [6.45, 7) is 8.39. The summed E-state index contributed by atoms with van der Waals surface area (Å²) in [5, 5.41) is 1.01. The molecule has 0 amide bonds. The van der Waals surface area contributed by atoms with E-state index >= 15 is 0 Å². The maximum absolute atomic E-state index is 11.7. The predicted molar refractivity (Wildman–Crippen MR) is 94.8 cm³/mol. The van der Waals surface area contributed by atoms with Gasteiger partial charge in [0.2, 0.25) is 0 Å². The third-order valence-corrected chi connectivity index (χ3v) is 4.74. The van der Waals surface area contributed by atoms with Crippen molar-refractivity contribution in [1.82, 2.24) is 4.98 Å². The van der Waals surface area contributed by atoms with E-state index in [0.29, 0.717) is 5.69 Å². The van der Waals surface area contributed by atoms with Gasteiger partial charge in [0.1, 0.15) is 5.69 Å². The second kappa shape index (κ2) is 4.61. The van der Waals surface area contributed by atoms with E-state index < -0.39 is 0 Å². The topological polar surface area (TPSA) is 51.3 Å². The van der Waals surface area contributed by atoms with Gasteiger partial charge in [-0.3, -0.25) is 0 Å². The maximum atomic E-state index is 11.7. The molecule has 0 radical (unpaired) electrons. The number of esters is 1. The fourth-order valence-electron chi connectivity index (χ4n) is 3.89. The summed E-state index contributed by atoms with van der Waals surface area (Å²) in [5.74, 6) is -0.352. The highest BCUT2D eigenvalue weighted by molar-refractivity contribution is 6.03. The lowest BCUT2D eigenvalue weighted by atomic mass is 9.84. The second-order valence-corrected chi connectivity index (χ2v) is 7.53. The molecule has 4 heteroatoms.